The molecule has 1 heterocycles. The van der Waals surface area contributed by atoms with Crippen molar-refractivity contribution in [3.63, 3.8) is 0 Å². The van der Waals surface area contributed by atoms with E-state index < -0.39 is 0 Å². The Hall–Kier alpha value is -1.64. The Morgan fingerprint density at radius 2 is 1.55 bits per heavy atom. The number of hydrogen-bond donors (Lipinski definition) is 0. The zero-order valence-corrected chi connectivity index (χ0v) is 12.7. The molecule has 0 aliphatic rings. The van der Waals surface area contributed by atoms with Gasteiger partial charge in [0, 0.05) is 24.6 Å². The Kier molecular flexibility index (Phi) is 2.03. The summed E-state index contributed by atoms with van der Waals surface area (Å²) in [7, 11) is 0. The summed E-state index contributed by atoms with van der Waals surface area (Å²) in [6.07, 6.45) is 0. The van der Waals surface area contributed by atoms with E-state index in [2.05, 4.69) is 28.1 Å². The molecule has 20 heavy (non-hydrogen) atoms. The summed E-state index contributed by atoms with van der Waals surface area (Å²) in [5.74, 6) is 0. The van der Waals surface area contributed by atoms with Crippen LogP contribution in [-0.4, -0.2) is 0 Å². The van der Waals surface area contributed by atoms with Crippen LogP contribution in [0.1, 0.15) is 5.48 Å². The van der Waals surface area contributed by atoms with Gasteiger partial charge in [-0.3, -0.25) is 0 Å². The minimum absolute atomic E-state index is 0.0247. The van der Waals surface area contributed by atoms with Gasteiger partial charge in [-0.2, -0.15) is 0 Å². The second-order valence-electron chi connectivity index (χ2n) is 4.50. The Morgan fingerprint density at radius 3 is 2.40 bits per heavy atom. The lowest BCUT2D eigenvalue weighted by Gasteiger charge is -2.02. The van der Waals surface area contributed by atoms with Crippen LogP contribution in [0.15, 0.2) is 71.1 Å². The van der Waals surface area contributed by atoms with Crippen LogP contribution >= 0.6 is 27.3 Å². The van der Waals surface area contributed by atoms with Crippen LogP contribution in [0.3, 0.4) is 0 Å². The van der Waals surface area contributed by atoms with Gasteiger partial charge in [-0.15, -0.1) is 11.3 Å². The fourth-order valence-corrected chi connectivity index (χ4v) is 3.67. The highest BCUT2D eigenvalue weighted by Crippen LogP contribution is 2.36. The van der Waals surface area contributed by atoms with Gasteiger partial charge >= 0.3 is 0 Å². The van der Waals surface area contributed by atoms with E-state index >= 15 is 0 Å². The number of benzene rings is 3. The predicted octanol–water partition coefficient (Wildman–Crippen LogP) is 6.48. The quantitative estimate of drug-likeness (QED) is 0.371. The SMILES string of the molecule is [2H]c1c([2H])c(-c2ccc3c(c2)sc2ccccc23)c([2H])c([2H])c1Br. The standard InChI is InChI=1S/C18H11BrS/c19-14-8-5-12(6-9-14)13-7-10-16-15-3-1-2-4-17(15)20-18(16)11-13/h1-11H/i5D,6D,8D,9D. The van der Waals surface area contributed by atoms with E-state index in [1.807, 2.05) is 30.3 Å². The topological polar surface area (TPSA) is 0 Å². The summed E-state index contributed by atoms with van der Waals surface area (Å²) in [5, 5.41) is 2.34. The minimum atomic E-state index is -0.0533. The van der Waals surface area contributed by atoms with Gasteiger partial charge in [0.2, 0.25) is 0 Å². The number of fused-ring (bicyclic) bond motifs is 3. The van der Waals surface area contributed by atoms with Crippen LogP contribution in [0.4, 0.5) is 0 Å². The average Bonchev–Trinajstić information content (AvgIpc) is 2.96. The Morgan fingerprint density at radius 1 is 0.800 bits per heavy atom. The van der Waals surface area contributed by atoms with E-state index in [4.69, 9.17) is 5.48 Å². The molecule has 0 saturated carbocycles. The lowest BCUT2D eigenvalue weighted by Crippen LogP contribution is -1.76. The molecular weight excluding hydrogens is 328 g/mol. The van der Waals surface area contributed by atoms with E-state index in [0.717, 1.165) is 10.1 Å². The van der Waals surface area contributed by atoms with Crippen LogP contribution in [0.2, 0.25) is 0 Å². The Bertz CT molecular complexity index is 1090. The van der Waals surface area contributed by atoms with Crippen molar-refractivity contribution in [1.82, 2.24) is 0 Å². The normalized spacial score (nSPS) is 14.1. The third-order valence-electron chi connectivity index (χ3n) is 3.26. The van der Waals surface area contributed by atoms with E-state index in [1.165, 1.54) is 10.1 Å². The molecule has 2 heteroatoms. The summed E-state index contributed by atoms with van der Waals surface area (Å²) < 4.78 is 34.9. The Labute approximate surface area is 135 Å². The van der Waals surface area contributed by atoms with Gasteiger partial charge in [0.1, 0.15) is 0 Å². The first-order valence-electron chi connectivity index (χ1n) is 8.16. The summed E-state index contributed by atoms with van der Waals surface area (Å²) in [6, 6.07) is 13.9. The Balaban J connectivity index is 2.03. The first-order chi connectivity index (χ1) is 11.5. The highest BCUT2D eigenvalue weighted by atomic mass is 79.9. The third-order valence-corrected chi connectivity index (χ3v) is 4.79. The van der Waals surface area contributed by atoms with Gasteiger partial charge in [-0.1, -0.05) is 58.3 Å². The molecule has 1 aromatic heterocycles. The average molecular weight is 343 g/mol. The summed E-state index contributed by atoms with van der Waals surface area (Å²) in [4.78, 5) is 0. The molecule has 4 rings (SSSR count). The molecule has 3 aromatic carbocycles. The number of thiophene rings is 1. The first kappa shape index (κ1) is 8.60. The van der Waals surface area contributed by atoms with Gasteiger partial charge in [-0.05, 0) is 35.3 Å². The van der Waals surface area contributed by atoms with Crippen molar-refractivity contribution in [2.24, 2.45) is 0 Å². The molecular formula is C18H11BrS. The summed E-state index contributed by atoms with van der Waals surface area (Å²) >= 11 is 4.81. The minimum Gasteiger partial charge on any atom is -0.135 e. The summed E-state index contributed by atoms with van der Waals surface area (Å²) in [6.45, 7) is 0. The number of hydrogen-bond acceptors (Lipinski definition) is 1. The molecule has 0 amide bonds. The van der Waals surface area contributed by atoms with Crippen LogP contribution in [0.5, 0.6) is 0 Å². The van der Waals surface area contributed by atoms with Crippen LogP contribution in [-0.2, 0) is 0 Å². The van der Waals surface area contributed by atoms with Gasteiger partial charge in [0.25, 0.3) is 0 Å². The van der Waals surface area contributed by atoms with E-state index in [-0.39, 0.29) is 28.6 Å². The molecule has 0 bridgehead atoms. The molecule has 0 atom stereocenters. The van der Waals surface area contributed by atoms with Crippen LogP contribution < -0.4 is 0 Å². The molecule has 0 N–H and O–H groups in total. The van der Waals surface area contributed by atoms with E-state index in [9.17, 15) is 0 Å². The lowest BCUT2D eigenvalue weighted by molar-refractivity contribution is 1.62. The van der Waals surface area contributed by atoms with Gasteiger partial charge in [0.05, 0.1) is 5.48 Å². The third kappa shape index (κ3) is 1.96. The van der Waals surface area contributed by atoms with Crippen molar-refractivity contribution in [1.29, 1.82) is 0 Å². The molecule has 0 aliphatic heterocycles. The fraction of sp³-hybridized carbons (Fsp3) is 0. The van der Waals surface area contributed by atoms with E-state index in [0.29, 0.717) is 11.1 Å². The van der Waals surface area contributed by atoms with Gasteiger partial charge in [-0.25, -0.2) is 0 Å². The zero-order valence-electron chi connectivity index (χ0n) is 14.3. The smallest absolute Gasteiger partial charge is 0.0635 e. The van der Waals surface area contributed by atoms with Crippen LogP contribution in [0, 0.1) is 0 Å². The van der Waals surface area contributed by atoms with Crippen LogP contribution in [0.25, 0.3) is 31.3 Å². The second kappa shape index (κ2) is 4.72. The van der Waals surface area contributed by atoms with Crippen molar-refractivity contribution in [3.8, 4) is 11.1 Å². The molecule has 0 unspecified atom stereocenters. The lowest BCUT2D eigenvalue weighted by atomic mass is 10.0. The van der Waals surface area contributed by atoms with Gasteiger partial charge in [0.15, 0.2) is 0 Å². The zero-order chi connectivity index (χ0) is 17.0. The molecule has 96 valence electrons. The fourth-order valence-electron chi connectivity index (χ4n) is 2.32. The number of rotatable bonds is 1. The first-order valence-corrected chi connectivity index (χ1v) is 7.77. The van der Waals surface area contributed by atoms with Crippen molar-refractivity contribution in [2.45, 2.75) is 0 Å². The maximum Gasteiger partial charge on any atom is 0.0635 e. The molecule has 0 spiro atoms. The maximum absolute atomic E-state index is 8.21. The molecule has 0 aliphatic carbocycles. The molecule has 0 radical (unpaired) electrons. The van der Waals surface area contributed by atoms with Crippen molar-refractivity contribution >= 4 is 47.4 Å². The van der Waals surface area contributed by atoms with Crippen molar-refractivity contribution in [3.05, 3.63) is 71.1 Å². The second-order valence-corrected chi connectivity index (χ2v) is 6.37. The highest BCUT2D eigenvalue weighted by Gasteiger charge is 2.06. The number of halogens is 1. The highest BCUT2D eigenvalue weighted by molar-refractivity contribution is 9.10. The molecule has 4 aromatic rings. The van der Waals surface area contributed by atoms with Gasteiger partial charge < -0.3 is 0 Å². The van der Waals surface area contributed by atoms with Crippen molar-refractivity contribution in [2.75, 3.05) is 0 Å². The predicted molar refractivity (Wildman–Crippen MR) is 92.5 cm³/mol. The monoisotopic (exact) mass is 342 g/mol. The van der Waals surface area contributed by atoms with Crippen molar-refractivity contribution < 1.29 is 5.48 Å². The molecule has 0 saturated heterocycles. The van der Waals surface area contributed by atoms with E-state index in [1.54, 1.807) is 11.3 Å². The largest absolute Gasteiger partial charge is 0.135 e. The maximum atomic E-state index is 8.21. The summed E-state index contributed by atoms with van der Waals surface area (Å²) in [5.41, 5.74) is 1.05. The molecule has 0 nitrogen and oxygen atoms in total. The molecule has 0 fully saturated rings.